The zero-order valence-electron chi connectivity index (χ0n) is 11.1. The Hall–Kier alpha value is -2.09. The van der Waals surface area contributed by atoms with Crippen molar-refractivity contribution in [3.05, 3.63) is 35.9 Å². The van der Waals surface area contributed by atoms with Gasteiger partial charge in [0.05, 0.1) is 23.5 Å². The Morgan fingerprint density at radius 2 is 1.90 bits per heavy atom. The average Bonchev–Trinajstić information content (AvgIpc) is 2.73. The van der Waals surface area contributed by atoms with Gasteiger partial charge < -0.3 is 15.2 Å². The molecule has 2 rings (SSSR count). The summed E-state index contributed by atoms with van der Waals surface area (Å²) in [6, 6.07) is 7.99. The number of benzene rings is 1. The summed E-state index contributed by atoms with van der Waals surface area (Å²) >= 11 is 0. The minimum atomic E-state index is -3.45. The minimum absolute atomic E-state index is 0.0316. The lowest BCUT2D eigenvalue weighted by molar-refractivity contribution is -0.141. The molecular formula is C13H15NO6S. The number of alkyl carbamates (subject to hydrolysis) is 1. The van der Waals surface area contributed by atoms with Crippen LogP contribution in [0.15, 0.2) is 30.3 Å². The zero-order chi connectivity index (χ0) is 15.5. The van der Waals surface area contributed by atoms with Crippen LogP contribution in [0.4, 0.5) is 4.79 Å². The largest absolute Gasteiger partial charge is 0.481 e. The highest BCUT2D eigenvalue weighted by Crippen LogP contribution is 2.19. The fourth-order valence-electron chi connectivity index (χ4n) is 2.15. The Kier molecular flexibility index (Phi) is 4.46. The van der Waals surface area contributed by atoms with Gasteiger partial charge in [-0.2, -0.15) is 0 Å². The van der Waals surface area contributed by atoms with Crippen LogP contribution < -0.4 is 5.32 Å². The number of carbonyl (C=O) groups excluding carboxylic acids is 1. The molecule has 0 saturated carbocycles. The molecule has 1 heterocycles. The van der Waals surface area contributed by atoms with Crippen molar-refractivity contribution in [3.63, 3.8) is 0 Å². The van der Waals surface area contributed by atoms with Crippen LogP contribution >= 0.6 is 0 Å². The maximum Gasteiger partial charge on any atom is 0.407 e. The number of rotatable bonds is 4. The van der Waals surface area contributed by atoms with E-state index in [4.69, 9.17) is 9.84 Å². The zero-order valence-corrected chi connectivity index (χ0v) is 11.9. The Balaban J connectivity index is 1.91. The standard InChI is InChI=1S/C13H15NO6S/c15-12(16)10-7-21(18,19)8-11(10)14-13(17)20-6-9-4-2-1-3-5-9/h1-5,10-11H,6-8H2,(H,14,17)(H,15,16)/t10-,11-/m1/s1. The van der Waals surface area contributed by atoms with Gasteiger partial charge in [0.15, 0.2) is 9.84 Å². The van der Waals surface area contributed by atoms with Gasteiger partial charge in [0.25, 0.3) is 0 Å². The van der Waals surface area contributed by atoms with Crippen LogP contribution in [0.25, 0.3) is 0 Å². The molecule has 1 amide bonds. The lowest BCUT2D eigenvalue weighted by Crippen LogP contribution is -2.42. The second-order valence-electron chi connectivity index (χ2n) is 4.83. The monoisotopic (exact) mass is 313 g/mol. The van der Waals surface area contributed by atoms with Gasteiger partial charge in [-0.3, -0.25) is 4.79 Å². The predicted molar refractivity (Wildman–Crippen MR) is 73.3 cm³/mol. The summed E-state index contributed by atoms with van der Waals surface area (Å²) in [6.45, 7) is 0.0316. The molecule has 2 N–H and O–H groups in total. The quantitative estimate of drug-likeness (QED) is 0.833. The molecule has 8 heteroatoms. The van der Waals surface area contributed by atoms with Crippen molar-refractivity contribution in [1.29, 1.82) is 0 Å². The molecule has 0 aromatic heterocycles. The van der Waals surface area contributed by atoms with E-state index in [9.17, 15) is 18.0 Å². The van der Waals surface area contributed by atoms with E-state index in [1.165, 1.54) is 0 Å². The van der Waals surface area contributed by atoms with Crippen molar-refractivity contribution in [3.8, 4) is 0 Å². The van der Waals surface area contributed by atoms with E-state index in [0.29, 0.717) is 0 Å². The lowest BCUT2D eigenvalue weighted by Gasteiger charge is -2.15. The van der Waals surface area contributed by atoms with Crippen LogP contribution in [0.1, 0.15) is 5.56 Å². The average molecular weight is 313 g/mol. The molecule has 1 aromatic rings. The smallest absolute Gasteiger partial charge is 0.407 e. The number of carboxylic acid groups (broad SMARTS) is 1. The van der Waals surface area contributed by atoms with Crippen molar-refractivity contribution in [2.24, 2.45) is 5.92 Å². The Labute approximate surface area is 121 Å². The second-order valence-corrected chi connectivity index (χ2v) is 6.99. The number of carboxylic acids is 1. The van der Waals surface area contributed by atoms with E-state index >= 15 is 0 Å². The maximum atomic E-state index is 11.6. The van der Waals surface area contributed by atoms with Gasteiger partial charge in [0.2, 0.25) is 0 Å². The molecular weight excluding hydrogens is 298 g/mol. The van der Waals surface area contributed by atoms with Gasteiger partial charge >= 0.3 is 12.1 Å². The van der Waals surface area contributed by atoms with Crippen molar-refractivity contribution in [2.75, 3.05) is 11.5 Å². The molecule has 1 aliphatic rings. The van der Waals surface area contributed by atoms with E-state index in [-0.39, 0.29) is 12.4 Å². The molecule has 0 aliphatic carbocycles. The third-order valence-corrected chi connectivity index (χ3v) is 4.92. The van der Waals surface area contributed by atoms with Crippen molar-refractivity contribution < 1.29 is 27.9 Å². The number of aliphatic carboxylic acids is 1. The number of ether oxygens (including phenoxy) is 1. The van der Waals surface area contributed by atoms with Gasteiger partial charge in [-0.05, 0) is 5.56 Å². The van der Waals surface area contributed by atoms with Gasteiger partial charge in [0.1, 0.15) is 6.61 Å². The van der Waals surface area contributed by atoms with Crippen molar-refractivity contribution in [2.45, 2.75) is 12.6 Å². The SMILES string of the molecule is O=C(N[C@@H]1CS(=O)(=O)C[C@H]1C(=O)O)OCc1ccccc1. The third-order valence-electron chi connectivity index (χ3n) is 3.19. The highest BCUT2D eigenvalue weighted by Gasteiger charge is 2.43. The van der Waals surface area contributed by atoms with Crippen molar-refractivity contribution in [1.82, 2.24) is 5.32 Å². The first-order valence-corrected chi connectivity index (χ1v) is 8.10. The third kappa shape index (κ3) is 4.19. The number of hydrogen-bond donors (Lipinski definition) is 2. The summed E-state index contributed by atoms with van der Waals surface area (Å²) in [5, 5.41) is 11.3. The predicted octanol–water partition coefficient (Wildman–Crippen LogP) is 0.411. The maximum absolute atomic E-state index is 11.6. The molecule has 21 heavy (non-hydrogen) atoms. The lowest BCUT2D eigenvalue weighted by atomic mass is 10.1. The van der Waals surface area contributed by atoms with Crippen LogP contribution in [0.2, 0.25) is 0 Å². The summed E-state index contributed by atoms with van der Waals surface area (Å²) in [5.41, 5.74) is 0.779. The number of amides is 1. The summed E-state index contributed by atoms with van der Waals surface area (Å²) in [7, 11) is -3.45. The topological polar surface area (TPSA) is 110 Å². The van der Waals surface area contributed by atoms with E-state index < -0.39 is 39.6 Å². The van der Waals surface area contributed by atoms with Crippen LogP contribution in [0.5, 0.6) is 0 Å². The number of hydrogen-bond acceptors (Lipinski definition) is 5. The first kappa shape index (κ1) is 15.3. The van der Waals surface area contributed by atoms with Gasteiger partial charge in [-0.1, -0.05) is 30.3 Å². The normalized spacial score (nSPS) is 23.4. The molecule has 0 radical (unpaired) electrons. The van der Waals surface area contributed by atoms with Gasteiger partial charge in [0, 0.05) is 0 Å². The molecule has 0 spiro atoms. The van der Waals surface area contributed by atoms with E-state index in [2.05, 4.69) is 5.32 Å². The van der Waals surface area contributed by atoms with Crippen molar-refractivity contribution >= 4 is 21.9 Å². The number of sulfone groups is 1. The first-order valence-electron chi connectivity index (χ1n) is 6.28. The molecule has 1 aliphatic heterocycles. The number of nitrogens with one attached hydrogen (secondary N) is 1. The molecule has 114 valence electrons. The van der Waals surface area contributed by atoms with E-state index in [1.807, 2.05) is 6.07 Å². The fraction of sp³-hybridized carbons (Fsp3) is 0.385. The van der Waals surface area contributed by atoms with Crippen LogP contribution in [0, 0.1) is 5.92 Å². The van der Waals surface area contributed by atoms with E-state index in [0.717, 1.165) is 5.56 Å². The van der Waals surface area contributed by atoms with Crippen LogP contribution in [-0.4, -0.2) is 43.1 Å². The molecule has 0 bridgehead atoms. The molecule has 0 unspecified atom stereocenters. The Morgan fingerprint density at radius 3 is 2.52 bits per heavy atom. The van der Waals surface area contributed by atoms with E-state index in [1.54, 1.807) is 24.3 Å². The summed E-state index contributed by atoms with van der Waals surface area (Å²) in [4.78, 5) is 22.6. The molecule has 7 nitrogen and oxygen atoms in total. The highest BCUT2D eigenvalue weighted by atomic mass is 32.2. The molecule has 1 aromatic carbocycles. The highest BCUT2D eigenvalue weighted by molar-refractivity contribution is 7.91. The molecule has 2 atom stereocenters. The summed E-state index contributed by atoms with van der Waals surface area (Å²) < 4.78 is 27.9. The fourth-order valence-corrected chi connectivity index (χ4v) is 4.07. The molecule has 1 fully saturated rings. The van der Waals surface area contributed by atoms with Gasteiger partial charge in [-0.15, -0.1) is 0 Å². The Bertz CT molecular complexity index is 627. The summed E-state index contributed by atoms with van der Waals surface area (Å²) in [6.07, 6.45) is -0.827. The second kappa shape index (κ2) is 6.13. The molecule has 1 saturated heterocycles. The Morgan fingerprint density at radius 1 is 1.24 bits per heavy atom. The van der Waals surface area contributed by atoms with Crippen LogP contribution in [-0.2, 0) is 26.0 Å². The minimum Gasteiger partial charge on any atom is -0.481 e. The van der Waals surface area contributed by atoms with Crippen LogP contribution in [0.3, 0.4) is 0 Å². The number of carbonyl (C=O) groups is 2. The summed E-state index contributed by atoms with van der Waals surface area (Å²) in [5.74, 6) is -3.24. The van der Waals surface area contributed by atoms with Gasteiger partial charge in [-0.25, -0.2) is 13.2 Å². The first-order chi connectivity index (χ1) is 9.87.